The number of carbonyl (C=O) groups is 1. The molecule has 27 heavy (non-hydrogen) atoms. The zero-order valence-electron chi connectivity index (χ0n) is 13.8. The Morgan fingerprint density at radius 2 is 1.74 bits per heavy atom. The Balaban J connectivity index is 2.12. The molecule has 0 fully saturated rings. The van der Waals surface area contributed by atoms with E-state index in [2.05, 4.69) is 16.0 Å². The third-order valence-corrected chi connectivity index (χ3v) is 4.88. The summed E-state index contributed by atoms with van der Waals surface area (Å²) in [6, 6.07) is 11.9. The third kappa shape index (κ3) is 6.56. The summed E-state index contributed by atoms with van der Waals surface area (Å²) in [5.41, 5.74) is 1.70. The van der Waals surface area contributed by atoms with Crippen molar-refractivity contribution in [3.8, 4) is 0 Å². The molecule has 0 aromatic heterocycles. The summed E-state index contributed by atoms with van der Waals surface area (Å²) in [5.74, 6) is -0.416. The minimum Gasteiger partial charge on any atom is -0.339 e. The van der Waals surface area contributed by atoms with Crippen molar-refractivity contribution in [2.75, 3.05) is 5.32 Å². The van der Waals surface area contributed by atoms with Gasteiger partial charge in [-0.1, -0.05) is 76.2 Å². The summed E-state index contributed by atoms with van der Waals surface area (Å²) < 4.78 is -1.87. The SMILES string of the molecule is Cc1ccccc1C(=O)N[C@H](NC(=S)Nc1cc(Cl)ccc1Cl)C(Cl)(Cl)Cl. The van der Waals surface area contributed by atoms with E-state index in [0.29, 0.717) is 21.3 Å². The van der Waals surface area contributed by atoms with Crippen LogP contribution in [0.15, 0.2) is 42.5 Å². The first-order chi connectivity index (χ1) is 12.6. The summed E-state index contributed by atoms with van der Waals surface area (Å²) in [7, 11) is 0. The summed E-state index contributed by atoms with van der Waals surface area (Å²) >= 11 is 35.2. The van der Waals surface area contributed by atoms with E-state index in [9.17, 15) is 4.79 Å². The van der Waals surface area contributed by atoms with Gasteiger partial charge in [-0.3, -0.25) is 4.79 Å². The van der Waals surface area contributed by atoms with E-state index in [1.165, 1.54) is 0 Å². The van der Waals surface area contributed by atoms with Crippen LogP contribution in [0.3, 0.4) is 0 Å². The van der Waals surface area contributed by atoms with E-state index in [1.54, 1.807) is 43.3 Å². The molecule has 0 unspecified atom stereocenters. The molecule has 0 heterocycles. The number of aryl methyl sites for hydroxylation is 1. The van der Waals surface area contributed by atoms with E-state index < -0.39 is 15.9 Å². The molecule has 0 aliphatic heterocycles. The van der Waals surface area contributed by atoms with Crippen LogP contribution in [0.1, 0.15) is 15.9 Å². The highest BCUT2D eigenvalue weighted by Gasteiger charge is 2.35. The molecule has 0 aliphatic carbocycles. The average Bonchev–Trinajstić information content (AvgIpc) is 2.57. The van der Waals surface area contributed by atoms with Gasteiger partial charge in [0.25, 0.3) is 5.91 Å². The van der Waals surface area contributed by atoms with Crippen LogP contribution in [0.5, 0.6) is 0 Å². The zero-order chi connectivity index (χ0) is 20.2. The van der Waals surface area contributed by atoms with Gasteiger partial charge in [-0.2, -0.15) is 0 Å². The lowest BCUT2D eigenvalue weighted by molar-refractivity contribution is 0.0934. The van der Waals surface area contributed by atoms with Crippen molar-refractivity contribution in [2.45, 2.75) is 16.9 Å². The lowest BCUT2D eigenvalue weighted by Crippen LogP contribution is -2.56. The maximum Gasteiger partial charge on any atom is 0.253 e. The average molecular weight is 486 g/mol. The van der Waals surface area contributed by atoms with Gasteiger partial charge in [0.1, 0.15) is 6.17 Å². The molecule has 0 aliphatic rings. The topological polar surface area (TPSA) is 53.2 Å². The van der Waals surface area contributed by atoms with Crippen LogP contribution >= 0.6 is 70.2 Å². The number of nitrogens with one attached hydrogen (secondary N) is 3. The number of rotatable bonds is 4. The van der Waals surface area contributed by atoms with E-state index in [4.69, 9.17) is 70.2 Å². The fraction of sp³-hybridized carbons (Fsp3) is 0.176. The molecule has 2 aromatic carbocycles. The van der Waals surface area contributed by atoms with Crippen LogP contribution in [-0.4, -0.2) is 21.0 Å². The number of hydrogen-bond acceptors (Lipinski definition) is 2. The van der Waals surface area contributed by atoms with Gasteiger partial charge in [0.15, 0.2) is 5.11 Å². The molecule has 0 saturated carbocycles. The molecular formula is C17H14Cl5N3OS. The molecule has 2 rings (SSSR count). The maximum atomic E-state index is 12.5. The lowest BCUT2D eigenvalue weighted by Gasteiger charge is -2.28. The minimum absolute atomic E-state index is 0.0839. The highest BCUT2D eigenvalue weighted by Crippen LogP contribution is 2.30. The van der Waals surface area contributed by atoms with Gasteiger partial charge in [0, 0.05) is 10.6 Å². The van der Waals surface area contributed by atoms with Gasteiger partial charge in [-0.15, -0.1) is 0 Å². The van der Waals surface area contributed by atoms with E-state index in [-0.39, 0.29) is 5.11 Å². The quantitative estimate of drug-likeness (QED) is 0.295. The first-order valence-electron chi connectivity index (χ1n) is 7.53. The van der Waals surface area contributed by atoms with Crippen LogP contribution in [0.4, 0.5) is 5.69 Å². The number of amides is 1. The Bertz CT molecular complexity index is 857. The van der Waals surface area contributed by atoms with Gasteiger partial charge in [-0.05, 0) is 49.0 Å². The highest BCUT2D eigenvalue weighted by molar-refractivity contribution is 7.80. The number of benzene rings is 2. The van der Waals surface area contributed by atoms with Gasteiger partial charge in [0.05, 0.1) is 10.7 Å². The predicted molar refractivity (Wildman–Crippen MR) is 119 cm³/mol. The van der Waals surface area contributed by atoms with Crippen LogP contribution in [0.25, 0.3) is 0 Å². The number of hydrogen-bond donors (Lipinski definition) is 3. The molecule has 0 saturated heterocycles. The predicted octanol–water partition coefficient (Wildman–Crippen LogP) is 5.71. The molecule has 0 spiro atoms. The van der Waals surface area contributed by atoms with Crippen LogP contribution < -0.4 is 16.0 Å². The highest BCUT2D eigenvalue weighted by atomic mass is 35.6. The largest absolute Gasteiger partial charge is 0.339 e. The first kappa shape index (κ1) is 22.3. The fourth-order valence-corrected chi connectivity index (χ4v) is 3.01. The fourth-order valence-electron chi connectivity index (χ4n) is 2.12. The molecule has 144 valence electrons. The maximum absolute atomic E-state index is 12.5. The summed E-state index contributed by atoms with van der Waals surface area (Å²) in [6.45, 7) is 1.81. The van der Waals surface area contributed by atoms with Crippen molar-refractivity contribution >= 4 is 86.9 Å². The lowest BCUT2D eigenvalue weighted by atomic mass is 10.1. The number of anilines is 1. The standard InChI is InChI=1S/C17H14Cl5N3OS/c1-9-4-2-3-5-11(9)14(26)24-15(17(20,21)22)25-16(27)23-13-8-10(18)6-7-12(13)19/h2-8,15H,1H3,(H,24,26)(H2,23,25,27)/t15-/m1/s1. The van der Waals surface area contributed by atoms with Crippen molar-refractivity contribution < 1.29 is 4.79 Å². The third-order valence-electron chi connectivity index (χ3n) is 3.44. The summed E-state index contributed by atoms with van der Waals surface area (Å²) in [6.07, 6.45) is -1.10. The monoisotopic (exact) mass is 483 g/mol. The number of thiocarbonyl (C=S) groups is 1. The minimum atomic E-state index is -1.87. The van der Waals surface area contributed by atoms with Crippen molar-refractivity contribution in [1.29, 1.82) is 0 Å². The Labute approximate surface area is 187 Å². The summed E-state index contributed by atoms with van der Waals surface area (Å²) in [4.78, 5) is 12.5. The molecule has 10 heteroatoms. The van der Waals surface area contributed by atoms with Gasteiger partial charge in [0.2, 0.25) is 3.79 Å². The molecule has 1 amide bonds. The Morgan fingerprint density at radius 3 is 2.37 bits per heavy atom. The second-order valence-corrected chi connectivity index (χ2v) is 9.11. The molecular weight excluding hydrogens is 472 g/mol. The normalized spacial score (nSPS) is 12.2. The van der Waals surface area contributed by atoms with E-state index in [1.807, 2.05) is 6.07 Å². The Hall–Kier alpha value is -0.950. The number of alkyl halides is 3. The van der Waals surface area contributed by atoms with E-state index in [0.717, 1.165) is 5.56 Å². The van der Waals surface area contributed by atoms with Gasteiger partial charge in [-0.25, -0.2) is 0 Å². The molecule has 3 N–H and O–H groups in total. The van der Waals surface area contributed by atoms with Crippen LogP contribution in [0, 0.1) is 6.92 Å². The molecule has 2 aromatic rings. The van der Waals surface area contributed by atoms with Crippen molar-refractivity contribution in [3.05, 3.63) is 63.6 Å². The van der Waals surface area contributed by atoms with Crippen molar-refractivity contribution in [1.82, 2.24) is 10.6 Å². The van der Waals surface area contributed by atoms with Crippen LogP contribution in [0.2, 0.25) is 10.0 Å². The molecule has 4 nitrogen and oxygen atoms in total. The van der Waals surface area contributed by atoms with Crippen LogP contribution in [-0.2, 0) is 0 Å². The smallest absolute Gasteiger partial charge is 0.253 e. The Kier molecular flexibility index (Phi) is 7.86. The molecule has 0 radical (unpaired) electrons. The van der Waals surface area contributed by atoms with E-state index >= 15 is 0 Å². The van der Waals surface area contributed by atoms with Crippen molar-refractivity contribution in [3.63, 3.8) is 0 Å². The Morgan fingerprint density at radius 1 is 1.07 bits per heavy atom. The summed E-state index contributed by atoms with van der Waals surface area (Å²) in [5, 5.41) is 9.19. The van der Waals surface area contributed by atoms with Gasteiger partial charge >= 0.3 is 0 Å². The molecule has 1 atom stereocenters. The van der Waals surface area contributed by atoms with Gasteiger partial charge < -0.3 is 16.0 Å². The number of carbonyl (C=O) groups excluding carboxylic acids is 1. The molecule has 0 bridgehead atoms. The van der Waals surface area contributed by atoms with Crippen molar-refractivity contribution in [2.24, 2.45) is 0 Å². The second kappa shape index (κ2) is 9.50. The first-order valence-corrected chi connectivity index (χ1v) is 9.83. The zero-order valence-corrected chi connectivity index (χ0v) is 18.4. The number of halogens is 5. The second-order valence-electron chi connectivity index (χ2n) is 5.49.